The Morgan fingerprint density at radius 2 is 1.74 bits per heavy atom. The van der Waals surface area contributed by atoms with Gasteiger partial charge < -0.3 is 5.32 Å². The Morgan fingerprint density at radius 1 is 1.05 bits per heavy atom. The quantitative estimate of drug-likeness (QED) is 0.786. The van der Waals surface area contributed by atoms with E-state index in [0.29, 0.717) is 23.1 Å². The molecule has 0 aromatic carbocycles. The normalized spacial score (nSPS) is 32.4. The highest BCUT2D eigenvalue weighted by atomic mass is 32.2. The molecule has 19 heavy (non-hydrogen) atoms. The number of hydrogen-bond donors (Lipinski definition) is 1. The van der Waals surface area contributed by atoms with Crippen LogP contribution in [0.4, 0.5) is 0 Å². The Labute approximate surface area is 116 Å². The molecular formula is C14H26N2O2S. The van der Waals surface area contributed by atoms with Crippen molar-refractivity contribution in [2.45, 2.75) is 56.5 Å². The zero-order valence-electron chi connectivity index (χ0n) is 11.7. The molecule has 0 aromatic heterocycles. The SMILES string of the molecule is O=S1(=O)CCC(N2CCNCC23CCCCC3)CC1. The first-order valence-electron chi connectivity index (χ1n) is 7.79. The fraction of sp³-hybridized carbons (Fsp3) is 1.00. The highest BCUT2D eigenvalue weighted by molar-refractivity contribution is 7.91. The van der Waals surface area contributed by atoms with Crippen molar-refractivity contribution < 1.29 is 8.42 Å². The molecule has 0 unspecified atom stereocenters. The maximum atomic E-state index is 11.6. The highest BCUT2D eigenvalue weighted by Gasteiger charge is 2.43. The van der Waals surface area contributed by atoms with E-state index in [2.05, 4.69) is 10.2 Å². The minimum absolute atomic E-state index is 0.336. The first kappa shape index (κ1) is 13.8. The Bertz CT molecular complexity index is 393. The fourth-order valence-electron chi connectivity index (χ4n) is 4.29. The molecular weight excluding hydrogens is 260 g/mol. The molecule has 3 aliphatic rings. The summed E-state index contributed by atoms with van der Waals surface area (Å²) in [5, 5.41) is 3.57. The van der Waals surface area contributed by atoms with Crippen molar-refractivity contribution in [1.82, 2.24) is 10.2 Å². The second kappa shape index (κ2) is 5.34. The summed E-state index contributed by atoms with van der Waals surface area (Å²) in [6.07, 6.45) is 8.34. The topological polar surface area (TPSA) is 49.4 Å². The van der Waals surface area contributed by atoms with Gasteiger partial charge in [-0.1, -0.05) is 19.3 Å². The largest absolute Gasteiger partial charge is 0.314 e. The lowest BCUT2D eigenvalue weighted by Gasteiger charge is -2.53. The number of sulfone groups is 1. The summed E-state index contributed by atoms with van der Waals surface area (Å²) in [7, 11) is -2.74. The summed E-state index contributed by atoms with van der Waals surface area (Å²) < 4.78 is 23.2. The van der Waals surface area contributed by atoms with E-state index in [-0.39, 0.29) is 0 Å². The first-order chi connectivity index (χ1) is 9.11. The molecule has 3 rings (SSSR count). The predicted octanol–water partition coefficient (Wildman–Crippen LogP) is 1.17. The van der Waals surface area contributed by atoms with E-state index in [1.165, 1.54) is 32.1 Å². The van der Waals surface area contributed by atoms with Crippen molar-refractivity contribution in [3.63, 3.8) is 0 Å². The number of nitrogens with zero attached hydrogens (tertiary/aromatic N) is 1. The van der Waals surface area contributed by atoms with E-state index < -0.39 is 9.84 Å². The van der Waals surface area contributed by atoms with Crippen molar-refractivity contribution in [3.05, 3.63) is 0 Å². The number of piperazine rings is 1. The molecule has 1 N–H and O–H groups in total. The smallest absolute Gasteiger partial charge is 0.150 e. The zero-order chi connectivity index (χ0) is 13.3. The van der Waals surface area contributed by atoms with Crippen LogP contribution in [0.5, 0.6) is 0 Å². The molecule has 2 aliphatic heterocycles. The average Bonchev–Trinajstić information content (AvgIpc) is 2.41. The molecule has 0 atom stereocenters. The van der Waals surface area contributed by atoms with Gasteiger partial charge in [-0.25, -0.2) is 8.42 Å². The van der Waals surface area contributed by atoms with Crippen molar-refractivity contribution >= 4 is 9.84 Å². The molecule has 0 aromatic rings. The summed E-state index contributed by atoms with van der Waals surface area (Å²) in [4.78, 5) is 2.69. The molecule has 1 aliphatic carbocycles. The van der Waals surface area contributed by atoms with Crippen molar-refractivity contribution in [1.29, 1.82) is 0 Å². The van der Waals surface area contributed by atoms with Crippen LogP contribution in [-0.2, 0) is 9.84 Å². The number of hydrogen-bond acceptors (Lipinski definition) is 4. The third-order valence-electron chi connectivity index (χ3n) is 5.34. The molecule has 110 valence electrons. The van der Waals surface area contributed by atoms with Gasteiger partial charge in [-0.05, 0) is 25.7 Å². The second-order valence-corrected chi connectivity index (χ2v) is 8.84. The van der Waals surface area contributed by atoms with Gasteiger partial charge in [-0.15, -0.1) is 0 Å². The van der Waals surface area contributed by atoms with Gasteiger partial charge in [-0.2, -0.15) is 0 Å². The van der Waals surface area contributed by atoms with E-state index in [9.17, 15) is 8.42 Å². The summed E-state index contributed by atoms with van der Waals surface area (Å²) in [6, 6.07) is 0.503. The summed E-state index contributed by atoms with van der Waals surface area (Å²) >= 11 is 0. The molecule has 0 bridgehead atoms. The first-order valence-corrected chi connectivity index (χ1v) is 9.61. The Hall–Kier alpha value is -0.130. The number of nitrogens with one attached hydrogen (secondary N) is 1. The molecule has 3 fully saturated rings. The van der Waals surface area contributed by atoms with Gasteiger partial charge in [0.1, 0.15) is 9.84 Å². The lowest BCUT2D eigenvalue weighted by atomic mass is 9.78. The summed E-state index contributed by atoms with van der Waals surface area (Å²) in [5.41, 5.74) is 0.336. The van der Waals surface area contributed by atoms with Gasteiger partial charge in [0.05, 0.1) is 11.5 Å². The van der Waals surface area contributed by atoms with Crippen molar-refractivity contribution in [3.8, 4) is 0 Å². The third kappa shape index (κ3) is 2.83. The van der Waals surface area contributed by atoms with Crippen LogP contribution in [0.2, 0.25) is 0 Å². The average molecular weight is 286 g/mol. The maximum absolute atomic E-state index is 11.6. The second-order valence-electron chi connectivity index (χ2n) is 6.54. The van der Waals surface area contributed by atoms with Gasteiger partial charge in [0.15, 0.2) is 0 Å². The van der Waals surface area contributed by atoms with E-state index in [1.807, 2.05) is 0 Å². The molecule has 0 radical (unpaired) electrons. The van der Waals surface area contributed by atoms with Crippen LogP contribution in [0.15, 0.2) is 0 Å². The molecule has 2 saturated heterocycles. The number of rotatable bonds is 1. The van der Waals surface area contributed by atoms with Gasteiger partial charge in [0, 0.05) is 31.2 Å². The molecule has 2 heterocycles. The fourth-order valence-corrected chi connectivity index (χ4v) is 5.76. The standard InChI is InChI=1S/C14H26N2O2S/c17-19(18)10-4-13(5-11-19)16-9-8-15-12-14(16)6-2-1-3-7-14/h13,15H,1-12H2. The lowest BCUT2D eigenvalue weighted by molar-refractivity contribution is -0.0103. The Morgan fingerprint density at radius 3 is 2.42 bits per heavy atom. The zero-order valence-corrected chi connectivity index (χ0v) is 12.6. The highest BCUT2D eigenvalue weighted by Crippen LogP contribution is 2.37. The monoisotopic (exact) mass is 286 g/mol. The maximum Gasteiger partial charge on any atom is 0.150 e. The van der Waals surface area contributed by atoms with Gasteiger partial charge in [0.25, 0.3) is 0 Å². The van der Waals surface area contributed by atoms with Crippen LogP contribution >= 0.6 is 0 Å². The molecule has 5 heteroatoms. The van der Waals surface area contributed by atoms with E-state index in [1.54, 1.807) is 0 Å². The Kier molecular flexibility index (Phi) is 3.89. The van der Waals surface area contributed by atoms with E-state index in [0.717, 1.165) is 32.5 Å². The van der Waals surface area contributed by atoms with E-state index >= 15 is 0 Å². The minimum atomic E-state index is -2.74. The lowest BCUT2D eigenvalue weighted by Crippen LogP contribution is -2.65. The van der Waals surface area contributed by atoms with Crippen LogP contribution in [0.25, 0.3) is 0 Å². The Balaban J connectivity index is 1.73. The predicted molar refractivity (Wildman–Crippen MR) is 77.1 cm³/mol. The summed E-state index contributed by atoms with van der Waals surface area (Å²) in [6.45, 7) is 3.27. The van der Waals surface area contributed by atoms with Gasteiger partial charge in [-0.3, -0.25) is 4.90 Å². The minimum Gasteiger partial charge on any atom is -0.314 e. The van der Waals surface area contributed by atoms with Crippen LogP contribution in [-0.4, -0.2) is 56.0 Å². The molecule has 1 spiro atoms. The van der Waals surface area contributed by atoms with Gasteiger partial charge in [0.2, 0.25) is 0 Å². The molecule has 1 saturated carbocycles. The van der Waals surface area contributed by atoms with Crippen molar-refractivity contribution in [2.24, 2.45) is 0 Å². The third-order valence-corrected chi connectivity index (χ3v) is 7.06. The summed E-state index contributed by atoms with van der Waals surface area (Å²) in [5.74, 6) is 0.801. The van der Waals surface area contributed by atoms with Crippen LogP contribution in [0, 0.1) is 0 Å². The van der Waals surface area contributed by atoms with Crippen LogP contribution < -0.4 is 5.32 Å². The van der Waals surface area contributed by atoms with Crippen LogP contribution in [0.3, 0.4) is 0 Å². The van der Waals surface area contributed by atoms with Crippen LogP contribution in [0.1, 0.15) is 44.9 Å². The van der Waals surface area contributed by atoms with Gasteiger partial charge >= 0.3 is 0 Å². The van der Waals surface area contributed by atoms with E-state index in [4.69, 9.17) is 0 Å². The molecule has 0 amide bonds. The molecule has 4 nitrogen and oxygen atoms in total. The van der Waals surface area contributed by atoms with Crippen molar-refractivity contribution in [2.75, 3.05) is 31.1 Å².